The lowest BCUT2D eigenvalue weighted by Crippen LogP contribution is -2.13. The topological polar surface area (TPSA) is 62.2 Å². The van der Waals surface area contributed by atoms with E-state index in [9.17, 15) is 9.90 Å². The Bertz CT molecular complexity index is 608. The highest BCUT2D eigenvalue weighted by molar-refractivity contribution is 6.03. The van der Waals surface area contributed by atoms with Gasteiger partial charge in [0.15, 0.2) is 0 Å². The Morgan fingerprint density at radius 2 is 2.22 bits per heavy atom. The van der Waals surface area contributed by atoms with Crippen molar-refractivity contribution >= 4 is 22.7 Å². The number of benzene rings is 1. The van der Waals surface area contributed by atoms with Gasteiger partial charge in [-0.15, -0.1) is 6.58 Å². The van der Waals surface area contributed by atoms with Crippen LogP contribution in [-0.2, 0) is 0 Å². The van der Waals surface area contributed by atoms with E-state index in [1.807, 2.05) is 13.0 Å². The summed E-state index contributed by atoms with van der Waals surface area (Å²) < 4.78 is 0. The van der Waals surface area contributed by atoms with Crippen LogP contribution in [0.3, 0.4) is 0 Å². The second kappa shape index (κ2) is 4.87. The first-order valence-electron chi connectivity index (χ1n) is 5.64. The van der Waals surface area contributed by atoms with Crippen molar-refractivity contribution in [2.24, 2.45) is 0 Å². The van der Waals surface area contributed by atoms with Crippen LogP contribution in [0.5, 0.6) is 0 Å². The number of fused-ring (bicyclic) bond motifs is 1. The zero-order valence-corrected chi connectivity index (χ0v) is 10.1. The van der Waals surface area contributed by atoms with E-state index in [1.165, 1.54) is 0 Å². The van der Waals surface area contributed by atoms with Crippen LogP contribution >= 0.6 is 0 Å². The molecule has 0 aliphatic carbocycles. The van der Waals surface area contributed by atoms with Crippen LogP contribution in [0.4, 0.5) is 5.82 Å². The molecule has 1 aromatic carbocycles. The Morgan fingerprint density at radius 3 is 2.89 bits per heavy atom. The van der Waals surface area contributed by atoms with E-state index in [1.54, 1.807) is 30.3 Å². The lowest BCUT2D eigenvalue weighted by atomic mass is 10.1. The third kappa shape index (κ3) is 2.32. The summed E-state index contributed by atoms with van der Waals surface area (Å²) in [6, 6.07) is 8.76. The number of aromatic carboxylic acids is 1. The van der Waals surface area contributed by atoms with Crippen molar-refractivity contribution in [3.05, 3.63) is 48.6 Å². The summed E-state index contributed by atoms with van der Waals surface area (Å²) >= 11 is 0. The Balaban J connectivity index is 2.57. The third-order valence-corrected chi connectivity index (χ3v) is 2.68. The number of nitrogens with zero attached hydrogens (tertiary/aromatic N) is 1. The van der Waals surface area contributed by atoms with Crippen LogP contribution < -0.4 is 5.32 Å². The van der Waals surface area contributed by atoms with E-state index >= 15 is 0 Å². The molecule has 2 N–H and O–H groups in total. The number of aromatic nitrogens is 1. The predicted molar refractivity (Wildman–Crippen MR) is 72.0 cm³/mol. The van der Waals surface area contributed by atoms with Gasteiger partial charge in [-0.05, 0) is 19.1 Å². The predicted octanol–water partition coefficient (Wildman–Crippen LogP) is 2.92. The fraction of sp³-hybridized carbons (Fsp3) is 0.143. The summed E-state index contributed by atoms with van der Waals surface area (Å²) in [5.74, 6) is -0.415. The summed E-state index contributed by atoms with van der Waals surface area (Å²) in [7, 11) is 0. The van der Waals surface area contributed by atoms with Crippen molar-refractivity contribution in [3.63, 3.8) is 0 Å². The molecule has 0 amide bonds. The lowest BCUT2D eigenvalue weighted by Gasteiger charge is -2.12. The minimum atomic E-state index is -0.956. The van der Waals surface area contributed by atoms with E-state index in [0.717, 1.165) is 0 Å². The first-order valence-corrected chi connectivity index (χ1v) is 5.64. The summed E-state index contributed by atoms with van der Waals surface area (Å²) in [6.45, 7) is 5.59. The van der Waals surface area contributed by atoms with Gasteiger partial charge in [-0.25, -0.2) is 9.78 Å². The molecule has 4 nitrogen and oxygen atoms in total. The summed E-state index contributed by atoms with van der Waals surface area (Å²) in [5, 5.41) is 12.9. The maximum Gasteiger partial charge on any atom is 0.336 e. The number of carboxylic acid groups (broad SMARTS) is 1. The van der Waals surface area contributed by atoms with E-state index in [-0.39, 0.29) is 11.6 Å². The van der Waals surface area contributed by atoms with Crippen molar-refractivity contribution < 1.29 is 9.90 Å². The fourth-order valence-corrected chi connectivity index (χ4v) is 1.72. The number of para-hydroxylation sites is 1. The molecule has 1 aromatic heterocycles. The average Bonchev–Trinajstić information content (AvgIpc) is 2.37. The average molecular weight is 242 g/mol. The van der Waals surface area contributed by atoms with Crippen LogP contribution in [0, 0.1) is 0 Å². The van der Waals surface area contributed by atoms with Gasteiger partial charge < -0.3 is 10.4 Å². The molecule has 0 aliphatic heterocycles. The number of nitrogens with one attached hydrogen (secondary N) is 1. The number of hydrogen-bond acceptors (Lipinski definition) is 3. The van der Waals surface area contributed by atoms with Gasteiger partial charge in [0.25, 0.3) is 0 Å². The summed E-state index contributed by atoms with van der Waals surface area (Å²) in [6.07, 6.45) is 1.73. The van der Waals surface area contributed by atoms with Crippen LogP contribution in [0.15, 0.2) is 43.0 Å². The highest BCUT2D eigenvalue weighted by Crippen LogP contribution is 2.21. The maximum atomic E-state index is 11.2. The summed E-state index contributed by atoms with van der Waals surface area (Å²) in [4.78, 5) is 15.6. The van der Waals surface area contributed by atoms with Crippen LogP contribution in [0.25, 0.3) is 10.9 Å². The molecule has 0 saturated carbocycles. The number of hydrogen-bond donors (Lipinski definition) is 2. The van der Waals surface area contributed by atoms with Gasteiger partial charge in [0.1, 0.15) is 5.82 Å². The Labute approximate surface area is 105 Å². The lowest BCUT2D eigenvalue weighted by molar-refractivity contribution is 0.0699. The van der Waals surface area contributed by atoms with Gasteiger partial charge in [-0.3, -0.25) is 0 Å². The number of pyridine rings is 1. The van der Waals surface area contributed by atoms with E-state index < -0.39 is 5.97 Å². The minimum absolute atomic E-state index is 0.0281. The van der Waals surface area contributed by atoms with Crippen LogP contribution in [0.1, 0.15) is 17.3 Å². The van der Waals surface area contributed by atoms with Gasteiger partial charge >= 0.3 is 5.97 Å². The Morgan fingerprint density at radius 1 is 1.50 bits per heavy atom. The zero-order chi connectivity index (χ0) is 13.1. The van der Waals surface area contributed by atoms with E-state index in [2.05, 4.69) is 16.9 Å². The molecule has 2 aromatic rings. The standard InChI is InChI=1S/C14H14N2O2/c1-3-9(2)15-13-8-11(14(17)18)10-6-4-5-7-12(10)16-13/h3-9H,1H2,2H3,(H,15,16)(H,17,18). The molecule has 0 saturated heterocycles. The van der Waals surface area contributed by atoms with Crippen LogP contribution in [-0.4, -0.2) is 22.1 Å². The monoisotopic (exact) mass is 242 g/mol. The molecule has 1 unspecified atom stereocenters. The van der Waals surface area contributed by atoms with Crippen molar-refractivity contribution in [2.75, 3.05) is 5.32 Å². The largest absolute Gasteiger partial charge is 0.478 e. The molecule has 1 atom stereocenters. The van der Waals surface area contributed by atoms with Gasteiger partial charge in [0, 0.05) is 11.4 Å². The number of carbonyl (C=O) groups is 1. The number of carboxylic acids is 1. The smallest absolute Gasteiger partial charge is 0.336 e. The molecule has 18 heavy (non-hydrogen) atoms. The second-order valence-corrected chi connectivity index (χ2v) is 4.05. The normalized spacial score (nSPS) is 12.1. The molecular formula is C14H14N2O2. The quantitative estimate of drug-likeness (QED) is 0.809. The van der Waals surface area contributed by atoms with Crippen molar-refractivity contribution in [1.29, 1.82) is 0 Å². The molecule has 0 bridgehead atoms. The van der Waals surface area contributed by atoms with E-state index in [4.69, 9.17) is 0 Å². The first kappa shape index (κ1) is 12.1. The van der Waals surface area contributed by atoms with Gasteiger partial charge in [-0.2, -0.15) is 0 Å². The highest BCUT2D eigenvalue weighted by Gasteiger charge is 2.11. The van der Waals surface area contributed by atoms with Crippen molar-refractivity contribution in [2.45, 2.75) is 13.0 Å². The molecule has 0 fully saturated rings. The van der Waals surface area contributed by atoms with E-state index in [0.29, 0.717) is 16.7 Å². The molecule has 4 heteroatoms. The van der Waals surface area contributed by atoms with Gasteiger partial charge in [0.2, 0.25) is 0 Å². The fourth-order valence-electron chi connectivity index (χ4n) is 1.72. The molecule has 0 radical (unpaired) electrons. The first-order chi connectivity index (χ1) is 8.61. The van der Waals surface area contributed by atoms with Gasteiger partial charge in [0.05, 0.1) is 11.1 Å². The molecule has 0 aliphatic rings. The third-order valence-electron chi connectivity index (χ3n) is 2.68. The molecule has 1 heterocycles. The van der Waals surface area contributed by atoms with Gasteiger partial charge in [-0.1, -0.05) is 24.3 Å². The van der Waals surface area contributed by atoms with Crippen LogP contribution in [0.2, 0.25) is 0 Å². The Hall–Kier alpha value is -2.36. The molecule has 2 rings (SSSR count). The second-order valence-electron chi connectivity index (χ2n) is 4.05. The molecule has 0 spiro atoms. The highest BCUT2D eigenvalue weighted by atomic mass is 16.4. The van der Waals surface area contributed by atoms with Crippen molar-refractivity contribution in [1.82, 2.24) is 4.98 Å². The number of rotatable bonds is 4. The maximum absolute atomic E-state index is 11.2. The zero-order valence-electron chi connectivity index (χ0n) is 10.1. The van der Waals surface area contributed by atoms with Crippen molar-refractivity contribution in [3.8, 4) is 0 Å². The minimum Gasteiger partial charge on any atom is -0.478 e. The molecule has 92 valence electrons. The summed E-state index contributed by atoms with van der Waals surface area (Å²) in [5.41, 5.74) is 0.913. The number of anilines is 1. The molecular weight excluding hydrogens is 228 g/mol. The SMILES string of the molecule is C=CC(C)Nc1cc(C(=O)O)c2ccccc2n1. The Kier molecular flexibility index (Phi) is 3.28.